The van der Waals surface area contributed by atoms with Crippen LogP contribution in [0.2, 0.25) is 0 Å². The Bertz CT molecular complexity index is 358. The lowest BCUT2D eigenvalue weighted by Crippen LogP contribution is -1.96. The molecule has 9 heteroatoms. The Balaban J connectivity index is 5.66. The van der Waals surface area contributed by atoms with Gasteiger partial charge in [-0.1, -0.05) is 58.0 Å². The van der Waals surface area contributed by atoms with Gasteiger partial charge in [0.2, 0.25) is 0 Å². The molecular weight excluding hydrogens is 325 g/mol. The van der Waals surface area contributed by atoms with Gasteiger partial charge in [-0.15, -0.1) is 0 Å². The Morgan fingerprint density at radius 3 is 1.31 bits per heavy atom. The van der Waals surface area contributed by atoms with Crippen LogP contribution in [0.25, 0.3) is 0 Å². The molecular formula is C4Cl6O2S. The SMILES string of the molecule is O=S(=O)(Cl)C(=C(Cl)Cl)C(Cl)=C(Cl)Cl. The first-order valence-electron chi connectivity index (χ1n) is 2.39. The Morgan fingerprint density at radius 2 is 1.23 bits per heavy atom. The summed E-state index contributed by atoms with van der Waals surface area (Å²) in [6.07, 6.45) is 0. The monoisotopic (exact) mass is 322 g/mol. The van der Waals surface area contributed by atoms with Crippen LogP contribution >= 0.6 is 68.7 Å². The summed E-state index contributed by atoms with van der Waals surface area (Å²) >= 11 is 26.2. The van der Waals surface area contributed by atoms with E-state index < -0.39 is 28.0 Å². The Labute approximate surface area is 104 Å². The Morgan fingerprint density at radius 1 is 0.846 bits per heavy atom. The van der Waals surface area contributed by atoms with Crippen molar-refractivity contribution in [1.29, 1.82) is 0 Å². The highest BCUT2D eigenvalue weighted by molar-refractivity contribution is 8.17. The van der Waals surface area contributed by atoms with Gasteiger partial charge < -0.3 is 0 Å². The fourth-order valence-corrected chi connectivity index (χ4v) is 3.28. The second-order valence-electron chi connectivity index (χ2n) is 1.60. The molecule has 0 radical (unpaired) electrons. The van der Waals surface area contributed by atoms with E-state index in [0.29, 0.717) is 0 Å². The predicted octanol–water partition coefficient (Wildman–Crippen LogP) is 4.09. The van der Waals surface area contributed by atoms with E-state index in [4.69, 9.17) is 68.7 Å². The molecule has 76 valence electrons. The van der Waals surface area contributed by atoms with Crippen LogP contribution in [0.1, 0.15) is 0 Å². The number of allylic oxidation sites excluding steroid dienone is 1. The van der Waals surface area contributed by atoms with Crippen molar-refractivity contribution in [1.82, 2.24) is 0 Å². The number of rotatable bonds is 2. The van der Waals surface area contributed by atoms with Gasteiger partial charge in [0.15, 0.2) is 0 Å². The number of halogens is 6. The van der Waals surface area contributed by atoms with Crippen molar-refractivity contribution in [3.63, 3.8) is 0 Å². The van der Waals surface area contributed by atoms with Gasteiger partial charge in [0.25, 0.3) is 9.05 Å². The average molecular weight is 325 g/mol. The van der Waals surface area contributed by atoms with Crippen molar-refractivity contribution in [3.8, 4) is 0 Å². The first-order chi connectivity index (χ1) is 5.68. The molecule has 0 aromatic carbocycles. The molecule has 0 unspecified atom stereocenters. The standard InChI is InChI=1S/C4Cl6O2S/c5-1(3(6)7)2(4(8)9)13(10,11)12. The minimum absolute atomic E-state index is 0.500. The van der Waals surface area contributed by atoms with Crippen LogP contribution in [-0.2, 0) is 9.05 Å². The van der Waals surface area contributed by atoms with E-state index in [2.05, 4.69) is 0 Å². The molecule has 0 fully saturated rings. The highest BCUT2D eigenvalue weighted by atomic mass is 35.7. The summed E-state index contributed by atoms with van der Waals surface area (Å²) in [6, 6.07) is 0. The lowest BCUT2D eigenvalue weighted by atomic mass is 10.6. The summed E-state index contributed by atoms with van der Waals surface area (Å²) in [6.45, 7) is 0. The molecule has 0 amide bonds. The summed E-state index contributed by atoms with van der Waals surface area (Å²) in [5.41, 5.74) is 0. The Hall–Kier alpha value is 1.17. The maximum Gasteiger partial charge on any atom is 0.265 e. The second kappa shape index (κ2) is 5.31. The molecule has 0 heterocycles. The third kappa shape index (κ3) is 4.47. The highest BCUT2D eigenvalue weighted by Crippen LogP contribution is 2.35. The topological polar surface area (TPSA) is 34.1 Å². The maximum atomic E-state index is 10.8. The first kappa shape index (κ1) is 14.2. The van der Waals surface area contributed by atoms with Crippen LogP contribution in [0.4, 0.5) is 0 Å². The molecule has 2 nitrogen and oxygen atoms in total. The molecule has 0 aromatic heterocycles. The summed E-state index contributed by atoms with van der Waals surface area (Å²) in [5, 5.41) is -0.529. The van der Waals surface area contributed by atoms with Crippen molar-refractivity contribution in [2.24, 2.45) is 0 Å². The van der Waals surface area contributed by atoms with Crippen molar-refractivity contribution in [3.05, 3.63) is 18.9 Å². The van der Waals surface area contributed by atoms with Crippen LogP contribution in [0.3, 0.4) is 0 Å². The van der Waals surface area contributed by atoms with E-state index >= 15 is 0 Å². The van der Waals surface area contributed by atoms with Crippen LogP contribution in [-0.4, -0.2) is 8.42 Å². The maximum absolute atomic E-state index is 10.8. The molecule has 0 aliphatic carbocycles. The van der Waals surface area contributed by atoms with Gasteiger partial charge in [-0.05, 0) is 0 Å². The average Bonchev–Trinajstić information content (AvgIpc) is 1.82. The lowest BCUT2D eigenvalue weighted by Gasteiger charge is -2.01. The van der Waals surface area contributed by atoms with E-state index in [1.54, 1.807) is 0 Å². The molecule has 0 spiro atoms. The molecule has 0 aliphatic heterocycles. The van der Waals surface area contributed by atoms with E-state index in [1.165, 1.54) is 0 Å². The zero-order valence-electron chi connectivity index (χ0n) is 5.49. The van der Waals surface area contributed by atoms with Crippen LogP contribution < -0.4 is 0 Å². The quantitative estimate of drug-likeness (QED) is 0.566. The minimum atomic E-state index is -4.18. The molecule has 0 saturated carbocycles. The van der Waals surface area contributed by atoms with E-state index in [9.17, 15) is 8.42 Å². The normalized spacial score (nSPS) is 10.9. The molecule has 0 bridgehead atoms. The molecule has 0 aromatic rings. The third-order valence-corrected chi connectivity index (χ3v) is 3.80. The van der Waals surface area contributed by atoms with Gasteiger partial charge in [0, 0.05) is 10.7 Å². The fourth-order valence-electron chi connectivity index (χ4n) is 0.368. The molecule has 0 aliphatic rings. The first-order valence-corrected chi connectivity index (χ1v) is 6.59. The largest absolute Gasteiger partial charge is 0.265 e. The van der Waals surface area contributed by atoms with E-state index in [0.717, 1.165) is 0 Å². The summed E-state index contributed by atoms with van der Waals surface area (Å²) in [4.78, 5) is -0.723. The van der Waals surface area contributed by atoms with Gasteiger partial charge in [0.1, 0.15) is 13.9 Å². The number of hydrogen-bond donors (Lipinski definition) is 0. The zero-order chi connectivity index (χ0) is 10.8. The van der Waals surface area contributed by atoms with Crippen molar-refractivity contribution in [2.75, 3.05) is 0 Å². The molecule has 0 atom stereocenters. The summed E-state index contributed by atoms with van der Waals surface area (Å²) < 4.78 is 20.5. The Kier molecular flexibility index (Phi) is 5.79. The van der Waals surface area contributed by atoms with Crippen molar-refractivity contribution in [2.45, 2.75) is 0 Å². The second-order valence-corrected chi connectivity index (χ2v) is 6.38. The van der Waals surface area contributed by atoms with Crippen LogP contribution in [0, 0.1) is 0 Å². The van der Waals surface area contributed by atoms with Crippen LogP contribution in [0.15, 0.2) is 18.9 Å². The third-order valence-electron chi connectivity index (χ3n) is 0.781. The lowest BCUT2D eigenvalue weighted by molar-refractivity contribution is 0.615. The van der Waals surface area contributed by atoms with Crippen molar-refractivity contribution < 1.29 is 8.42 Å². The highest BCUT2D eigenvalue weighted by Gasteiger charge is 2.23. The van der Waals surface area contributed by atoms with Gasteiger partial charge in [-0.3, -0.25) is 0 Å². The van der Waals surface area contributed by atoms with E-state index in [1.807, 2.05) is 0 Å². The minimum Gasteiger partial charge on any atom is -0.207 e. The van der Waals surface area contributed by atoms with Gasteiger partial charge in [-0.2, -0.15) is 0 Å². The summed E-state index contributed by atoms with van der Waals surface area (Å²) in [5.74, 6) is 0. The summed E-state index contributed by atoms with van der Waals surface area (Å²) in [7, 11) is 0.764. The van der Waals surface area contributed by atoms with Gasteiger partial charge in [-0.25, -0.2) is 8.42 Å². The fraction of sp³-hybridized carbons (Fsp3) is 0. The molecule has 0 N–H and O–H groups in total. The van der Waals surface area contributed by atoms with Crippen LogP contribution in [0.5, 0.6) is 0 Å². The van der Waals surface area contributed by atoms with Gasteiger partial charge in [0.05, 0.1) is 5.03 Å². The smallest absolute Gasteiger partial charge is 0.207 e. The predicted molar refractivity (Wildman–Crippen MR) is 58.1 cm³/mol. The number of hydrogen-bond acceptors (Lipinski definition) is 2. The molecule has 13 heavy (non-hydrogen) atoms. The van der Waals surface area contributed by atoms with Gasteiger partial charge >= 0.3 is 0 Å². The molecule has 0 saturated heterocycles. The molecule has 0 rings (SSSR count). The zero-order valence-corrected chi connectivity index (χ0v) is 10.8. The van der Waals surface area contributed by atoms with Crippen molar-refractivity contribution >= 4 is 77.7 Å². The van der Waals surface area contributed by atoms with E-state index in [-0.39, 0.29) is 0 Å².